The van der Waals surface area contributed by atoms with Crippen LogP contribution in [0.4, 0.5) is 0 Å². The zero-order valence-electron chi connectivity index (χ0n) is 13.4. The molecule has 1 saturated heterocycles. The molecular weight excluding hydrogens is 254 g/mol. The van der Waals surface area contributed by atoms with E-state index in [-0.39, 0.29) is 11.9 Å². The first-order valence-electron chi connectivity index (χ1n) is 7.76. The molecule has 0 aromatic rings. The topological polar surface area (TPSA) is 67.6 Å². The molecule has 0 bridgehead atoms. The molecule has 5 heteroatoms. The van der Waals surface area contributed by atoms with Gasteiger partial charge in [0, 0.05) is 19.2 Å². The predicted molar refractivity (Wildman–Crippen MR) is 81.6 cm³/mol. The lowest BCUT2D eigenvalue weighted by Gasteiger charge is -2.36. The standard InChI is InChI=1S/C15H31N3O2/c1-5-17-15(3,14(16)19)10-12(2)18(4)11-13-8-6-7-9-20-13/h12-13,17H,5-11H2,1-4H3,(H2,16,19). The number of nitrogens with zero attached hydrogens (tertiary/aromatic N) is 1. The van der Waals surface area contributed by atoms with E-state index in [4.69, 9.17) is 10.5 Å². The summed E-state index contributed by atoms with van der Waals surface area (Å²) >= 11 is 0. The van der Waals surface area contributed by atoms with E-state index in [1.54, 1.807) is 0 Å². The van der Waals surface area contributed by atoms with Gasteiger partial charge in [-0.05, 0) is 53.1 Å². The van der Waals surface area contributed by atoms with Crippen molar-refractivity contribution in [1.29, 1.82) is 0 Å². The van der Waals surface area contributed by atoms with Gasteiger partial charge in [0.15, 0.2) is 0 Å². The Morgan fingerprint density at radius 1 is 1.55 bits per heavy atom. The van der Waals surface area contributed by atoms with Gasteiger partial charge in [0.2, 0.25) is 5.91 Å². The monoisotopic (exact) mass is 285 g/mol. The van der Waals surface area contributed by atoms with Gasteiger partial charge in [-0.15, -0.1) is 0 Å². The molecule has 1 fully saturated rings. The minimum Gasteiger partial charge on any atom is -0.377 e. The first-order chi connectivity index (χ1) is 9.39. The van der Waals surface area contributed by atoms with Crippen LogP contribution in [0, 0.1) is 0 Å². The lowest BCUT2D eigenvalue weighted by Crippen LogP contribution is -2.56. The van der Waals surface area contributed by atoms with Gasteiger partial charge in [0.1, 0.15) is 0 Å². The highest BCUT2D eigenvalue weighted by atomic mass is 16.5. The number of amides is 1. The van der Waals surface area contributed by atoms with Crippen molar-refractivity contribution < 1.29 is 9.53 Å². The molecule has 1 heterocycles. The molecule has 20 heavy (non-hydrogen) atoms. The van der Waals surface area contributed by atoms with E-state index in [9.17, 15) is 4.79 Å². The SMILES string of the molecule is CCNC(C)(CC(C)N(C)CC1CCCCO1)C(N)=O. The highest BCUT2D eigenvalue weighted by Crippen LogP contribution is 2.18. The van der Waals surface area contributed by atoms with Gasteiger partial charge in [-0.25, -0.2) is 0 Å². The molecule has 1 aliphatic rings. The van der Waals surface area contributed by atoms with E-state index in [1.807, 2.05) is 13.8 Å². The maximum absolute atomic E-state index is 11.7. The quantitative estimate of drug-likeness (QED) is 0.701. The van der Waals surface area contributed by atoms with Crippen LogP contribution < -0.4 is 11.1 Å². The molecule has 1 rings (SSSR count). The van der Waals surface area contributed by atoms with E-state index < -0.39 is 5.54 Å². The largest absolute Gasteiger partial charge is 0.377 e. The van der Waals surface area contributed by atoms with Crippen molar-refractivity contribution >= 4 is 5.91 Å². The van der Waals surface area contributed by atoms with Gasteiger partial charge in [0.05, 0.1) is 11.6 Å². The summed E-state index contributed by atoms with van der Waals surface area (Å²) in [5.74, 6) is -0.284. The Kier molecular flexibility index (Phi) is 6.92. The Labute approximate surface area is 123 Å². The number of primary amides is 1. The third-order valence-corrected chi connectivity index (χ3v) is 4.33. The fraction of sp³-hybridized carbons (Fsp3) is 0.933. The number of hydrogen-bond donors (Lipinski definition) is 2. The van der Waals surface area contributed by atoms with E-state index >= 15 is 0 Å². The number of nitrogens with one attached hydrogen (secondary N) is 1. The summed E-state index contributed by atoms with van der Waals surface area (Å²) in [7, 11) is 2.09. The van der Waals surface area contributed by atoms with Crippen molar-refractivity contribution in [2.24, 2.45) is 5.73 Å². The van der Waals surface area contributed by atoms with Gasteiger partial charge < -0.3 is 20.7 Å². The fourth-order valence-electron chi connectivity index (χ4n) is 2.85. The van der Waals surface area contributed by atoms with Gasteiger partial charge >= 0.3 is 0 Å². The van der Waals surface area contributed by atoms with Gasteiger partial charge in [-0.2, -0.15) is 0 Å². The number of hydrogen-bond acceptors (Lipinski definition) is 4. The summed E-state index contributed by atoms with van der Waals surface area (Å²) < 4.78 is 5.77. The molecule has 0 aliphatic carbocycles. The minimum atomic E-state index is -0.643. The van der Waals surface area contributed by atoms with Crippen molar-refractivity contribution in [2.45, 2.75) is 64.1 Å². The molecule has 0 saturated carbocycles. The zero-order chi connectivity index (χ0) is 15.2. The molecule has 3 N–H and O–H groups in total. The van der Waals surface area contributed by atoms with Crippen LogP contribution in [-0.4, -0.2) is 55.2 Å². The van der Waals surface area contributed by atoms with E-state index in [0.29, 0.717) is 12.5 Å². The van der Waals surface area contributed by atoms with Crippen LogP contribution in [0.1, 0.15) is 46.5 Å². The number of carbonyl (C=O) groups excluding carboxylic acids is 1. The highest BCUT2D eigenvalue weighted by Gasteiger charge is 2.33. The molecule has 5 nitrogen and oxygen atoms in total. The van der Waals surface area contributed by atoms with Gasteiger partial charge in [-0.3, -0.25) is 4.79 Å². The summed E-state index contributed by atoms with van der Waals surface area (Å²) in [6.45, 7) is 8.56. The van der Waals surface area contributed by atoms with Crippen molar-refractivity contribution in [3.8, 4) is 0 Å². The molecule has 3 atom stereocenters. The maximum Gasteiger partial charge on any atom is 0.237 e. The second-order valence-electron chi connectivity index (χ2n) is 6.21. The molecule has 3 unspecified atom stereocenters. The summed E-state index contributed by atoms with van der Waals surface area (Å²) in [6.07, 6.45) is 4.60. The second kappa shape index (κ2) is 7.96. The van der Waals surface area contributed by atoms with Crippen LogP contribution in [-0.2, 0) is 9.53 Å². The number of ether oxygens (including phenoxy) is 1. The smallest absolute Gasteiger partial charge is 0.237 e. The number of carbonyl (C=O) groups is 1. The predicted octanol–water partition coefficient (Wildman–Crippen LogP) is 1.12. The van der Waals surface area contributed by atoms with E-state index in [1.165, 1.54) is 12.8 Å². The Hall–Kier alpha value is -0.650. The van der Waals surface area contributed by atoms with Gasteiger partial charge in [-0.1, -0.05) is 6.92 Å². The Bertz CT molecular complexity index is 305. The first-order valence-corrected chi connectivity index (χ1v) is 7.76. The fourth-order valence-corrected chi connectivity index (χ4v) is 2.85. The van der Waals surface area contributed by atoms with Gasteiger partial charge in [0.25, 0.3) is 0 Å². The maximum atomic E-state index is 11.7. The van der Waals surface area contributed by atoms with Crippen molar-refractivity contribution in [1.82, 2.24) is 10.2 Å². The lowest BCUT2D eigenvalue weighted by atomic mass is 9.92. The summed E-state index contributed by atoms with van der Waals surface area (Å²) in [4.78, 5) is 13.9. The van der Waals surface area contributed by atoms with Crippen LogP contribution in [0.2, 0.25) is 0 Å². The Morgan fingerprint density at radius 3 is 2.75 bits per heavy atom. The molecule has 1 aliphatic heterocycles. The molecule has 0 aromatic carbocycles. The Morgan fingerprint density at radius 2 is 2.25 bits per heavy atom. The van der Waals surface area contributed by atoms with Crippen molar-refractivity contribution in [2.75, 3.05) is 26.7 Å². The van der Waals surface area contributed by atoms with Crippen LogP contribution in [0.3, 0.4) is 0 Å². The first kappa shape index (κ1) is 17.4. The third-order valence-electron chi connectivity index (χ3n) is 4.33. The molecule has 118 valence electrons. The summed E-state index contributed by atoms with van der Waals surface area (Å²) in [6, 6.07) is 0.275. The van der Waals surface area contributed by atoms with Crippen LogP contribution in [0.15, 0.2) is 0 Å². The summed E-state index contributed by atoms with van der Waals surface area (Å²) in [5, 5.41) is 3.22. The van der Waals surface area contributed by atoms with Crippen LogP contribution in [0.25, 0.3) is 0 Å². The number of nitrogens with two attached hydrogens (primary N) is 1. The van der Waals surface area contributed by atoms with E-state index in [2.05, 4.69) is 24.2 Å². The normalized spacial score (nSPS) is 24.4. The molecule has 0 aromatic heterocycles. The minimum absolute atomic E-state index is 0.275. The molecule has 0 spiro atoms. The van der Waals surface area contributed by atoms with Crippen molar-refractivity contribution in [3.63, 3.8) is 0 Å². The van der Waals surface area contributed by atoms with Crippen LogP contribution in [0.5, 0.6) is 0 Å². The lowest BCUT2D eigenvalue weighted by molar-refractivity contribution is -0.124. The summed E-state index contributed by atoms with van der Waals surface area (Å²) in [5.41, 5.74) is 4.90. The average Bonchev–Trinajstić information content (AvgIpc) is 2.39. The number of rotatable bonds is 8. The van der Waals surface area contributed by atoms with Crippen LogP contribution >= 0.6 is 0 Å². The highest BCUT2D eigenvalue weighted by molar-refractivity contribution is 5.84. The molecule has 1 amide bonds. The average molecular weight is 285 g/mol. The molecule has 0 radical (unpaired) electrons. The molecular formula is C15H31N3O2. The Balaban J connectivity index is 2.50. The zero-order valence-corrected chi connectivity index (χ0v) is 13.4. The van der Waals surface area contributed by atoms with Crippen molar-refractivity contribution in [3.05, 3.63) is 0 Å². The number of likely N-dealkylation sites (N-methyl/N-ethyl adjacent to an activating group) is 2. The van der Waals surface area contributed by atoms with E-state index in [0.717, 1.165) is 26.1 Å². The second-order valence-corrected chi connectivity index (χ2v) is 6.21. The third kappa shape index (κ3) is 5.04.